The van der Waals surface area contributed by atoms with Crippen LogP contribution in [0.1, 0.15) is 28.4 Å². The summed E-state index contributed by atoms with van der Waals surface area (Å²) in [5, 5.41) is 5.97. The van der Waals surface area contributed by atoms with Crippen molar-refractivity contribution in [3.05, 3.63) is 59.2 Å². The summed E-state index contributed by atoms with van der Waals surface area (Å²) < 4.78 is 0. The fraction of sp³-hybridized carbons (Fsp3) is 0.222. The van der Waals surface area contributed by atoms with Gasteiger partial charge in [0.1, 0.15) is 6.04 Å². The Kier molecular flexibility index (Phi) is 5.01. The zero-order valence-electron chi connectivity index (χ0n) is 13.5. The van der Waals surface area contributed by atoms with Crippen molar-refractivity contribution in [3.8, 4) is 0 Å². The monoisotopic (exact) mass is 311 g/mol. The van der Waals surface area contributed by atoms with E-state index < -0.39 is 11.9 Å². The van der Waals surface area contributed by atoms with Crippen LogP contribution in [0, 0.1) is 13.8 Å². The van der Waals surface area contributed by atoms with E-state index in [9.17, 15) is 9.59 Å². The zero-order valence-corrected chi connectivity index (χ0v) is 13.5. The first-order chi connectivity index (χ1) is 10.9. The molecule has 0 aliphatic rings. The van der Waals surface area contributed by atoms with E-state index in [4.69, 9.17) is 5.73 Å². The molecule has 0 aliphatic carbocycles. The predicted molar refractivity (Wildman–Crippen MR) is 92.6 cm³/mol. The Morgan fingerprint density at radius 1 is 0.957 bits per heavy atom. The molecule has 0 fully saturated rings. The summed E-state index contributed by atoms with van der Waals surface area (Å²) in [6, 6.07) is 12.1. The summed E-state index contributed by atoms with van der Waals surface area (Å²) in [5.41, 5.74) is 9.50. The molecule has 0 aromatic heterocycles. The first-order valence-electron chi connectivity index (χ1n) is 7.41. The van der Waals surface area contributed by atoms with Gasteiger partial charge in [-0.15, -0.1) is 0 Å². The lowest BCUT2D eigenvalue weighted by Gasteiger charge is -2.16. The van der Waals surface area contributed by atoms with E-state index in [1.807, 2.05) is 32.0 Å². The Morgan fingerprint density at radius 3 is 2.13 bits per heavy atom. The first kappa shape index (κ1) is 16.5. The molecule has 2 aromatic rings. The van der Waals surface area contributed by atoms with Crippen molar-refractivity contribution < 1.29 is 9.59 Å². The molecule has 2 rings (SSSR count). The third kappa shape index (κ3) is 4.32. The number of hydrogen-bond acceptors (Lipinski definition) is 3. The Morgan fingerprint density at radius 2 is 1.57 bits per heavy atom. The fourth-order valence-corrected chi connectivity index (χ4v) is 2.12. The number of benzene rings is 2. The summed E-state index contributed by atoms with van der Waals surface area (Å²) in [6.07, 6.45) is 0. The number of aryl methyl sites for hydroxylation is 2. The number of amides is 2. The Balaban J connectivity index is 1.99. The van der Waals surface area contributed by atoms with E-state index in [2.05, 4.69) is 10.6 Å². The van der Waals surface area contributed by atoms with Gasteiger partial charge in [0.15, 0.2) is 0 Å². The molecule has 5 heteroatoms. The quantitative estimate of drug-likeness (QED) is 0.794. The molecule has 1 unspecified atom stereocenters. The third-order valence-corrected chi connectivity index (χ3v) is 3.72. The molecule has 120 valence electrons. The van der Waals surface area contributed by atoms with Gasteiger partial charge in [-0.25, -0.2) is 0 Å². The van der Waals surface area contributed by atoms with Crippen molar-refractivity contribution in [3.63, 3.8) is 0 Å². The fourth-order valence-electron chi connectivity index (χ4n) is 2.12. The van der Waals surface area contributed by atoms with Crippen LogP contribution in [0.2, 0.25) is 0 Å². The number of carbonyl (C=O) groups excluding carboxylic acids is 2. The number of anilines is 2. The van der Waals surface area contributed by atoms with Crippen LogP contribution >= 0.6 is 0 Å². The molecular formula is C18H21N3O2. The second-order valence-corrected chi connectivity index (χ2v) is 5.60. The van der Waals surface area contributed by atoms with Crippen LogP contribution < -0.4 is 16.4 Å². The van der Waals surface area contributed by atoms with E-state index in [1.165, 1.54) is 11.1 Å². The highest BCUT2D eigenvalue weighted by atomic mass is 16.2. The lowest BCUT2D eigenvalue weighted by atomic mass is 10.1. The Labute approximate surface area is 135 Å². The highest BCUT2D eigenvalue weighted by Gasteiger charge is 2.13. The molecule has 1 atom stereocenters. The van der Waals surface area contributed by atoms with Gasteiger partial charge in [-0.2, -0.15) is 0 Å². The van der Waals surface area contributed by atoms with E-state index >= 15 is 0 Å². The highest BCUT2D eigenvalue weighted by molar-refractivity contribution is 5.97. The zero-order chi connectivity index (χ0) is 17.0. The molecule has 5 nitrogen and oxygen atoms in total. The minimum absolute atomic E-state index is 0.157. The van der Waals surface area contributed by atoms with Crippen LogP contribution in [0.15, 0.2) is 42.5 Å². The number of primary amides is 1. The number of nitrogens with two attached hydrogens (primary N) is 1. The van der Waals surface area contributed by atoms with Crippen LogP contribution in [0.5, 0.6) is 0 Å². The molecule has 4 N–H and O–H groups in total. The van der Waals surface area contributed by atoms with Gasteiger partial charge < -0.3 is 16.4 Å². The summed E-state index contributed by atoms with van der Waals surface area (Å²) in [6.45, 7) is 5.87. The molecule has 0 saturated heterocycles. The van der Waals surface area contributed by atoms with E-state index in [1.54, 1.807) is 31.2 Å². The van der Waals surface area contributed by atoms with Gasteiger partial charge in [-0.1, -0.05) is 6.07 Å². The molecule has 23 heavy (non-hydrogen) atoms. The van der Waals surface area contributed by atoms with Gasteiger partial charge in [-0.05, 0) is 68.3 Å². The topological polar surface area (TPSA) is 84.2 Å². The highest BCUT2D eigenvalue weighted by Crippen LogP contribution is 2.16. The standard InChI is InChI=1S/C18H21N3O2/c1-11-4-7-16(10-12(11)2)20-13(3)18(23)21-15-8-5-14(6-9-15)17(19)22/h4-10,13,20H,1-3H3,(H2,19,22)(H,21,23). The maximum absolute atomic E-state index is 12.2. The lowest BCUT2D eigenvalue weighted by Crippen LogP contribution is -2.31. The normalized spacial score (nSPS) is 11.6. The maximum Gasteiger partial charge on any atom is 0.248 e. The molecule has 0 spiro atoms. The molecule has 2 aromatic carbocycles. The van der Waals surface area contributed by atoms with Crippen molar-refractivity contribution >= 4 is 23.2 Å². The smallest absolute Gasteiger partial charge is 0.248 e. The predicted octanol–water partition coefficient (Wildman–Crippen LogP) is 2.84. The average Bonchev–Trinajstić information content (AvgIpc) is 2.51. The van der Waals surface area contributed by atoms with Gasteiger partial charge in [-0.3, -0.25) is 9.59 Å². The molecule has 0 radical (unpaired) electrons. The molecular weight excluding hydrogens is 290 g/mol. The Bertz CT molecular complexity index is 724. The Hall–Kier alpha value is -2.82. The molecule has 0 aliphatic heterocycles. The lowest BCUT2D eigenvalue weighted by molar-refractivity contribution is -0.116. The summed E-state index contributed by atoms with van der Waals surface area (Å²) in [4.78, 5) is 23.2. The van der Waals surface area contributed by atoms with E-state index in [0.717, 1.165) is 5.69 Å². The van der Waals surface area contributed by atoms with Gasteiger partial charge in [0.25, 0.3) is 0 Å². The van der Waals surface area contributed by atoms with Crippen molar-refractivity contribution in [2.45, 2.75) is 26.8 Å². The molecule has 0 heterocycles. The summed E-state index contributed by atoms with van der Waals surface area (Å²) in [7, 11) is 0. The molecule has 0 saturated carbocycles. The number of hydrogen-bond donors (Lipinski definition) is 3. The third-order valence-electron chi connectivity index (χ3n) is 3.72. The second-order valence-electron chi connectivity index (χ2n) is 5.60. The average molecular weight is 311 g/mol. The maximum atomic E-state index is 12.2. The van der Waals surface area contributed by atoms with Crippen LogP contribution in [0.4, 0.5) is 11.4 Å². The van der Waals surface area contributed by atoms with Crippen molar-refractivity contribution in [1.82, 2.24) is 0 Å². The first-order valence-corrected chi connectivity index (χ1v) is 7.41. The summed E-state index contributed by atoms with van der Waals surface area (Å²) >= 11 is 0. The van der Waals surface area contributed by atoms with Crippen molar-refractivity contribution in [2.75, 3.05) is 10.6 Å². The number of carbonyl (C=O) groups is 2. The van der Waals surface area contributed by atoms with Crippen molar-refractivity contribution in [1.29, 1.82) is 0 Å². The minimum Gasteiger partial charge on any atom is -0.374 e. The minimum atomic E-state index is -0.493. The number of rotatable bonds is 5. The largest absolute Gasteiger partial charge is 0.374 e. The van der Waals surface area contributed by atoms with Crippen molar-refractivity contribution in [2.24, 2.45) is 5.73 Å². The van der Waals surface area contributed by atoms with E-state index in [0.29, 0.717) is 11.3 Å². The van der Waals surface area contributed by atoms with Crippen LogP contribution in [-0.4, -0.2) is 17.9 Å². The van der Waals surface area contributed by atoms with Crippen LogP contribution in [-0.2, 0) is 4.79 Å². The van der Waals surface area contributed by atoms with Gasteiger partial charge >= 0.3 is 0 Å². The SMILES string of the molecule is Cc1ccc(NC(C)C(=O)Nc2ccc(C(N)=O)cc2)cc1C. The van der Waals surface area contributed by atoms with Crippen LogP contribution in [0.3, 0.4) is 0 Å². The second kappa shape index (κ2) is 6.96. The molecule has 2 amide bonds. The number of nitrogens with one attached hydrogen (secondary N) is 2. The van der Waals surface area contributed by atoms with Gasteiger partial charge in [0, 0.05) is 16.9 Å². The van der Waals surface area contributed by atoms with E-state index in [-0.39, 0.29) is 5.91 Å². The van der Waals surface area contributed by atoms with Gasteiger partial charge in [0.2, 0.25) is 11.8 Å². The van der Waals surface area contributed by atoms with Gasteiger partial charge in [0.05, 0.1) is 0 Å². The summed E-state index contributed by atoms with van der Waals surface area (Å²) in [5.74, 6) is -0.650. The van der Waals surface area contributed by atoms with Crippen LogP contribution in [0.25, 0.3) is 0 Å². The molecule has 0 bridgehead atoms.